The molecule has 0 unspecified atom stereocenters. The van der Waals surface area contributed by atoms with Crippen molar-refractivity contribution in [2.24, 2.45) is 0 Å². The van der Waals surface area contributed by atoms with Crippen molar-refractivity contribution >= 4 is 28.9 Å². The first-order chi connectivity index (χ1) is 9.65. The van der Waals surface area contributed by atoms with Gasteiger partial charge < -0.3 is 10.2 Å². The standard InChI is InChI=1S/C16H17ClN2O/c1-19(15-5-3-2-4-6-15)12-11-16(20)18-14-9-7-13(17)8-10-14/h2-10H,11-12H2,1H3,(H,18,20). The van der Waals surface area contributed by atoms with Gasteiger partial charge in [-0.1, -0.05) is 29.8 Å². The van der Waals surface area contributed by atoms with Gasteiger partial charge in [0.25, 0.3) is 0 Å². The minimum atomic E-state index is -0.00453. The Labute approximate surface area is 124 Å². The second kappa shape index (κ2) is 6.96. The van der Waals surface area contributed by atoms with E-state index in [1.165, 1.54) is 0 Å². The molecule has 0 aliphatic heterocycles. The Bertz CT molecular complexity index is 554. The van der Waals surface area contributed by atoms with Gasteiger partial charge >= 0.3 is 0 Å². The molecule has 2 aromatic carbocycles. The van der Waals surface area contributed by atoms with Crippen molar-refractivity contribution in [1.82, 2.24) is 0 Å². The quantitative estimate of drug-likeness (QED) is 0.907. The molecule has 0 heterocycles. The zero-order valence-electron chi connectivity index (χ0n) is 11.3. The van der Waals surface area contributed by atoms with Crippen LogP contribution in [0.15, 0.2) is 54.6 Å². The lowest BCUT2D eigenvalue weighted by molar-refractivity contribution is -0.116. The third-order valence-corrected chi connectivity index (χ3v) is 3.25. The number of hydrogen-bond acceptors (Lipinski definition) is 2. The molecule has 2 aromatic rings. The number of nitrogens with zero attached hydrogens (tertiary/aromatic N) is 1. The monoisotopic (exact) mass is 288 g/mol. The Hall–Kier alpha value is -2.00. The zero-order chi connectivity index (χ0) is 14.4. The van der Waals surface area contributed by atoms with Crippen molar-refractivity contribution in [2.75, 3.05) is 23.8 Å². The minimum Gasteiger partial charge on any atom is -0.374 e. The molecule has 3 nitrogen and oxygen atoms in total. The first-order valence-corrected chi connectivity index (χ1v) is 6.84. The van der Waals surface area contributed by atoms with Crippen molar-refractivity contribution in [3.05, 3.63) is 59.6 Å². The Morgan fingerprint density at radius 3 is 2.40 bits per heavy atom. The molecule has 0 aromatic heterocycles. The van der Waals surface area contributed by atoms with E-state index in [1.54, 1.807) is 24.3 Å². The van der Waals surface area contributed by atoms with E-state index in [1.807, 2.05) is 37.4 Å². The number of carbonyl (C=O) groups is 1. The van der Waals surface area contributed by atoms with E-state index >= 15 is 0 Å². The van der Waals surface area contributed by atoms with Crippen LogP contribution in [0, 0.1) is 0 Å². The number of rotatable bonds is 5. The third kappa shape index (κ3) is 4.28. The maximum absolute atomic E-state index is 11.9. The van der Waals surface area contributed by atoms with E-state index in [0.717, 1.165) is 11.4 Å². The predicted molar refractivity (Wildman–Crippen MR) is 84.4 cm³/mol. The second-order valence-corrected chi connectivity index (χ2v) is 5.00. The fourth-order valence-electron chi connectivity index (χ4n) is 1.84. The van der Waals surface area contributed by atoms with Gasteiger partial charge in [0.1, 0.15) is 0 Å². The van der Waals surface area contributed by atoms with Crippen LogP contribution in [0.2, 0.25) is 5.02 Å². The third-order valence-electron chi connectivity index (χ3n) is 3.00. The molecule has 1 N–H and O–H groups in total. The molecule has 0 spiro atoms. The number of amides is 1. The van der Waals surface area contributed by atoms with Crippen LogP contribution >= 0.6 is 11.6 Å². The van der Waals surface area contributed by atoms with Crippen LogP contribution in [-0.2, 0) is 4.79 Å². The average molecular weight is 289 g/mol. The fraction of sp³-hybridized carbons (Fsp3) is 0.188. The van der Waals surface area contributed by atoms with Gasteiger partial charge in [0, 0.05) is 36.4 Å². The van der Waals surface area contributed by atoms with E-state index in [0.29, 0.717) is 18.0 Å². The van der Waals surface area contributed by atoms with Crippen LogP contribution < -0.4 is 10.2 Å². The van der Waals surface area contributed by atoms with Gasteiger partial charge in [-0.15, -0.1) is 0 Å². The van der Waals surface area contributed by atoms with Crippen LogP contribution in [0.1, 0.15) is 6.42 Å². The first-order valence-electron chi connectivity index (χ1n) is 6.47. The number of benzene rings is 2. The molecule has 0 bridgehead atoms. The number of carbonyl (C=O) groups excluding carboxylic acids is 1. The normalized spacial score (nSPS) is 10.1. The summed E-state index contributed by atoms with van der Waals surface area (Å²) in [6, 6.07) is 17.1. The number of anilines is 2. The summed E-state index contributed by atoms with van der Waals surface area (Å²) in [5.74, 6) is -0.00453. The highest BCUT2D eigenvalue weighted by Crippen LogP contribution is 2.14. The average Bonchev–Trinajstić information content (AvgIpc) is 2.48. The largest absolute Gasteiger partial charge is 0.374 e. The van der Waals surface area contributed by atoms with Gasteiger partial charge in [-0.25, -0.2) is 0 Å². The molecule has 0 fully saturated rings. The predicted octanol–water partition coefficient (Wildman–Crippen LogP) is 3.81. The van der Waals surface area contributed by atoms with Gasteiger partial charge in [0.2, 0.25) is 5.91 Å². The molecule has 4 heteroatoms. The lowest BCUT2D eigenvalue weighted by atomic mass is 10.2. The first kappa shape index (κ1) is 14.4. The number of nitrogens with one attached hydrogen (secondary N) is 1. The Morgan fingerprint density at radius 2 is 1.75 bits per heavy atom. The van der Waals surface area contributed by atoms with E-state index < -0.39 is 0 Å². The summed E-state index contributed by atoms with van der Waals surface area (Å²) in [6.07, 6.45) is 0.439. The fourth-order valence-corrected chi connectivity index (χ4v) is 1.96. The van der Waals surface area contributed by atoms with Gasteiger partial charge in [0.05, 0.1) is 0 Å². The van der Waals surface area contributed by atoms with Crippen molar-refractivity contribution < 1.29 is 4.79 Å². The van der Waals surface area contributed by atoms with Gasteiger partial charge in [0.15, 0.2) is 0 Å². The molecule has 0 aliphatic rings. The van der Waals surface area contributed by atoms with Crippen LogP contribution in [0.3, 0.4) is 0 Å². The highest BCUT2D eigenvalue weighted by Gasteiger charge is 2.05. The second-order valence-electron chi connectivity index (χ2n) is 4.56. The van der Waals surface area contributed by atoms with Crippen molar-refractivity contribution in [3.8, 4) is 0 Å². The van der Waals surface area contributed by atoms with Crippen molar-refractivity contribution in [1.29, 1.82) is 0 Å². The number of para-hydroxylation sites is 1. The molecular formula is C16H17ClN2O. The van der Waals surface area contributed by atoms with E-state index in [9.17, 15) is 4.79 Å². The highest BCUT2D eigenvalue weighted by molar-refractivity contribution is 6.30. The lowest BCUT2D eigenvalue weighted by Gasteiger charge is -2.18. The summed E-state index contributed by atoms with van der Waals surface area (Å²) in [6.45, 7) is 0.670. The molecule has 0 saturated carbocycles. The van der Waals surface area contributed by atoms with E-state index in [-0.39, 0.29) is 5.91 Å². The Balaban J connectivity index is 1.82. The molecule has 20 heavy (non-hydrogen) atoms. The van der Waals surface area contributed by atoms with Gasteiger partial charge in [-0.2, -0.15) is 0 Å². The minimum absolute atomic E-state index is 0.00453. The zero-order valence-corrected chi connectivity index (χ0v) is 12.1. The van der Waals surface area contributed by atoms with Gasteiger partial charge in [-0.05, 0) is 36.4 Å². The molecule has 0 atom stereocenters. The van der Waals surface area contributed by atoms with Crippen LogP contribution in [0.5, 0.6) is 0 Å². The molecular weight excluding hydrogens is 272 g/mol. The smallest absolute Gasteiger partial charge is 0.226 e. The summed E-state index contributed by atoms with van der Waals surface area (Å²) in [4.78, 5) is 13.9. The topological polar surface area (TPSA) is 32.3 Å². The van der Waals surface area contributed by atoms with Crippen LogP contribution in [0.25, 0.3) is 0 Å². The summed E-state index contributed by atoms with van der Waals surface area (Å²) < 4.78 is 0. The SMILES string of the molecule is CN(CCC(=O)Nc1ccc(Cl)cc1)c1ccccc1. The van der Waals surface area contributed by atoms with Crippen LogP contribution in [0.4, 0.5) is 11.4 Å². The summed E-state index contributed by atoms with van der Waals surface area (Å²) in [5, 5.41) is 3.51. The van der Waals surface area contributed by atoms with Crippen LogP contribution in [-0.4, -0.2) is 19.5 Å². The highest BCUT2D eigenvalue weighted by atomic mass is 35.5. The summed E-state index contributed by atoms with van der Waals surface area (Å²) in [7, 11) is 1.98. The Morgan fingerprint density at radius 1 is 1.10 bits per heavy atom. The molecule has 2 rings (SSSR count). The lowest BCUT2D eigenvalue weighted by Crippen LogP contribution is -2.23. The number of hydrogen-bond donors (Lipinski definition) is 1. The molecule has 0 aliphatic carbocycles. The molecule has 104 valence electrons. The Kier molecular flexibility index (Phi) is 5.02. The van der Waals surface area contributed by atoms with Crippen molar-refractivity contribution in [3.63, 3.8) is 0 Å². The summed E-state index contributed by atoms with van der Waals surface area (Å²) in [5.41, 5.74) is 1.87. The number of halogens is 1. The molecule has 0 radical (unpaired) electrons. The van der Waals surface area contributed by atoms with Gasteiger partial charge in [-0.3, -0.25) is 4.79 Å². The van der Waals surface area contributed by atoms with E-state index in [4.69, 9.17) is 11.6 Å². The van der Waals surface area contributed by atoms with E-state index in [2.05, 4.69) is 10.2 Å². The molecule has 1 amide bonds. The maximum Gasteiger partial charge on any atom is 0.226 e. The molecule has 0 saturated heterocycles. The maximum atomic E-state index is 11.9. The summed E-state index contributed by atoms with van der Waals surface area (Å²) >= 11 is 5.80. The van der Waals surface area contributed by atoms with Crippen molar-refractivity contribution in [2.45, 2.75) is 6.42 Å².